The van der Waals surface area contributed by atoms with Crippen molar-refractivity contribution in [1.82, 2.24) is 15.5 Å². The predicted octanol–water partition coefficient (Wildman–Crippen LogP) is 2.93. The van der Waals surface area contributed by atoms with Crippen molar-refractivity contribution >= 4 is 12.4 Å². The molecule has 114 valence electrons. The number of rotatable bonds is 4. The first-order valence-corrected chi connectivity index (χ1v) is 7.38. The van der Waals surface area contributed by atoms with Crippen LogP contribution in [0.5, 0.6) is 0 Å². The number of nitrogens with one attached hydrogen (secondary N) is 1. The van der Waals surface area contributed by atoms with E-state index in [1.807, 2.05) is 0 Å². The zero-order valence-electron chi connectivity index (χ0n) is 12.3. The van der Waals surface area contributed by atoms with Crippen LogP contribution in [0.1, 0.15) is 35.7 Å². The molecule has 1 N–H and O–H groups in total. The van der Waals surface area contributed by atoms with Crippen molar-refractivity contribution in [3.8, 4) is 0 Å². The Morgan fingerprint density at radius 1 is 1.24 bits per heavy atom. The summed E-state index contributed by atoms with van der Waals surface area (Å²) in [5.41, 5.74) is 2.54. The van der Waals surface area contributed by atoms with Crippen LogP contribution in [0.2, 0.25) is 0 Å². The van der Waals surface area contributed by atoms with E-state index in [-0.39, 0.29) is 12.4 Å². The molecule has 0 spiro atoms. The molecular formula is C16H22ClN3O. The molecule has 1 aromatic heterocycles. The van der Waals surface area contributed by atoms with Crippen molar-refractivity contribution in [2.24, 2.45) is 5.92 Å². The van der Waals surface area contributed by atoms with Gasteiger partial charge >= 0.3 is 0 Å². The van der Waals surface area contributed by atoms with E-state index in [9.17, 15) is 0 Å². The predicted molar refractivity (Wildman–Crippen MR) is 84.8 cm³/mol. The minimum absolute atomic E-state index is 0. The van der Waals surface area contributed by atoms with E-state index in [1.165, 1.54) is 24.0 Å². The maximum absolute atomic E-state index is 5.40. The van der Waals surface area contributed by atoms with E-state index in [2.05, 4.69) is 46.6 Å². The van der Waals surface area contributed by atoms with Gasteiger partial charge in [0.1, 0.15) is 0 Å². The molecule has 1 aliphatic rings. The Hall–Kier alpha value is -1.39. The van der Waals surface area contributed by atoms with Crippen LogP contribution in [0.25, 0.3) is 0 Å². The highest BCUT2D eigenvalue weighted by Gasteiger charge is 2.17. The number of piperidine rings is 1. The molecule has 1 aromatic carbocycles. The van der Waals surface area contributed by atoms with Gasteiger partial charge in [0.05, 0.1) is 0 Å². The highest BCUT2D eigenvalue weighted by Crippen LogP contribution is 2.18. The smallest absolute Gasteiger partial charge is 0.226 e. The first kappa shape index (κ1) is 16.0. The lowest BCUT2D eigenvalue weighted by atomic mass is 9.95. The van der Waals surface area contributed by atoms with E-state index >= 15 is 0 Å². The van der Waals surface area contributed by atoms with Crippen molar-refractivity contribution < 1.29 is 4.52 Å². The third-order valence-electron chi connectivity index (χ3n) is 4.04. The molecule has 5 heteroatoms. The van der Waals surface area contributed by atoms with Crippen LogP contribution >= 0.6 is 12.4 Å². The fraction of sp³-hybridized carbons (Fsp3) is 0.500. The van der Waals surface area contributed by atoms with Gasteiger partial charge in [0.15, 0.2) is 5.82 Å². The fourth-order valence-corrected chi connectivity index (χ4v) is 2.76. The number of benzene rings is 1. The largest absolute Gasteiger partial charge is 0.339 e. The quantitative estimate of drug-likeness (QED) is 0.943. The molecule has 3 rings (SSSR count). The molecule has 0 radical (unpaired) electrons. The van der Waals surface area contributed by atoms with Crippen LogP contribution in [0.3, 0.4) is 0 Å². The molecule has 0 aliphatic carbocycles. The van der Waals surface area contributed by atoms with Crippen LogP contribution in [-0.4, -0.2) is 23.2 Å². The Morgan fingerprint density at radius 2 is 2.00 bits per heavy atom. The van der Waals surface area contributed by atoms with Crippen LogP contribution < -0.4 is 5.32 Å². The lowest BCUT2D eigenvalue weighted by Gasteiger charge is -2.20. The Bertz CT molecular complexity index is 564. The highest BCUT2D eigenvalue weighted by atomic mass is 35.5. The van der Waals surface area contributed by atoms with Gasteiger partial charge in [0.25, 0.3) is 0 Å². The van der Waals surface area contributed by atoms with Crippen LogP contribution in [0, 0.1) is 12.8 Å². The van der Waals surface area contributed by atoms with Crippen LogP contribution in [-0.2, 0) is 12.8 Å². The van der Waals surface area contributed by atoms with E-state index < -0.39 is 0 Å². The summed E-state index contributed by atoms with van der Waals surface area (Å²) in [7, 11) is 0. The third kappa shape index (κ3) is 4.29. The molecule has 1 saturated heterocycles. The number of hydrogen-bond donors (Lipinski definition) is 1. The van der Waals surface area contributed by atoms with Gasteiger partial charge in [0.2, 0.25) is 5.89 Å². The first-order valence-electron chi connectivity index (χ1n) is 7.38. The van der Waals surface area contributed by atoms with E-state index in [1.54, 1.807) is 0 Å². The first-order chi connectivity index (χ1) is 9.81. The number of halogens is 1. The molecule has 2 aromatic rings. The Morgan fingerprint density at radius 3 is 2.76 bits per heavy atom. The molecule has 1 aliphatic heterocycles. The zero-order chi connectivity index (χ0) is 13.8. The number of hydrogen-bond acceptors (Lipinski definition) is 4. The summed E-state index contributed by atoms with van der Waals surface area (Å²) in [5, 5.41) is 7.49. The van der Waals surface area contributed by atoms with Crippen LogP contribution in [0.4, 0.5) is 0 Å². The van der Waals surface area contributed by atoms with Gasteiger partial charge in [-0.1, -0.05) is 29.4 Å². The summed E-state index contributed by atoms with van der Waals surface area (Å²) < 4.78 is 5.40. The fourth-order valence-electron chi connectivity index (χ4n) is 2.76. The number of aryl methyl sites for hydroxylation is 1. The summed E-state index contributed by atoms with van der Waals surface area (Å²) in [6.07, 6.45) is 4.08. The topological polar surface area (TPSA) is 51.0 Å². The maximum atomic E-state index is 5.40. The van der Waals surface area contributed by atoms with Gasteiger partial charge < -0.3 is 9.84 Å². The molecular weight excluding hydrogens is 286 g/mol. The lowest BCUT2D eigenvalue weighted by Crippen LogP contribution is -2.28. The van der Waals surface area contributed by atoms with Crippen molar-refractivity contribution in [3.63, 3.8) is 0 Å². The van der Waals surface area contributed by atoms with Crippen molar-refractivity contribution in [3.05, 3.63) is 47.1 Å². The molecule has 4 nitrogen and oxygen atoms in total. The summed E-state index contributed by atoms with van der Waals surface area (Å²) in [6, 6.07) is 8.35. The third-order valence-corrected chi connectivity index (χ3v) is 4.04. The Balaban J connectivity index is 0.00000161. The standard InChI is InChI=1S/C16H21N3O.ClH/c1-12-4-2-3-5-14(12)11-15-18-16(20-19-15)10-13-6-8-17-9-7-13;/h2-5,13,17H,6-11H2,1H3;1H. The number of nitrogens with zero attached hydrogens (tertiary/aromatic N) is 2. The van der Waals surface area contributed by atoms with Crippen molar-refractivity contribution in [2.45, 2.75) is 32.6 Å². The average molecular weight is 308 g/mol. The van der Waals surface area contributed by atoms with Crippen molar-refractivity contribution in [1.29, 1.82) is 0 Å². The normalized spacial score (nSPS) is 15.7. The molecule has 21 heavy (non-hydrogen) atoms. The molecule has 1 fully saturated rings. The SMILES string of the molecule is Cc1ccccc1Cc1noc(CC2CCNCC2)n1.Cl. The second kappa shape index (κ2) is 7.57. The van der Waals surface area contributed by atoms with Gasteiger partial charge in [-0.15, -0.1) is 12.4 Å². The second-order valence-electron chi connectivity index (χ2n) is 5.61. The molecule has 0 bridgehead atoms. The van der Waals surface area contributed by atoms with Crippen molar-refractivity contribution in [2.75, 3.05) is 13.1 Å². The summed E-state index contributed by atoms with van der Waals surface area (Å²) in [6.45, 7) is 4.33. The minimum atomic E-state index is 0. The summed E-state index contributed by atoms with van der Waals surface area (Å²) >= 11 is 0. The second-order valence-corrected chi connectivity index (χ2v) is 5.61. The Labute approximate surface area is 131 Å². The highest BCUT2D eigenvalue weighted by molar-refractivity contribution is 5.85. The molecule has 0 atom stereocenters. The summed E-state index contributed by atoms with van der Waals surface area (Å²) in [5.74, 6) is 2.27. The van der Waals surface area contributed by atoms with E-state index in [0.29, 0.717) is 5.92 Å². The average Bonchev–Trinajstić information content (AvgIpc) is 2.90. The number of aromatic nitrogens is 2. The minimum Gasteiger partial charge on any atom is -0.339 e. The van der Waals surface area contributed by atoms with Gasteiger partial charge in [-0.25, -0.2) is 0 Å². The van der Waals surface area contributed by atoms with Gasteiger partial charge in [-0.3, -0.25) is 0 Å². The maximum Gasteiger partial charge on any atom is 0.226 e. The molecule has 0 unspecified atom stereocenters. The molecule has 0 saturated carbocycles. The van der Waals surface area contributed by atoms with Gasteiger partial charge in [-0.05, 0) is 49.9 Å². The Kier molecular flexibility index (Phi) is 5.76. The van der Waals surface area contributed by atoms with E-state index in [0.717, 1.165) is 37.6 Å². The molecule has 0 amide bonds. The zero-order valence-corrected chi connectivity index (χ0v) is 13.2. The monoisotopic (exact) mass is 307 g/mol. The van der Waals surface area contributed by atoms with Gasteiger partial charge in [0, 0.05) is 12.8 Å². The molecule has 2 heterocycles. The van der Waals surface area contributed by atoms with Crippen LogP contribution in [0.15, 0.2) is 28.8 Å². The van der Waals surface area contributed by atoms with E-state index in [4.69, 9.17) is 4.52 Å². The van der Waals surface area contributed by atoms with Gasteiger partial charge in [-0.2, -0.15) is 4.98 Å². The lowest BCUT2D eigenvalue weighted by molar-refractivity contribution is 0.312. The summed E-state index contributed by atoms with van der Waals surface area (Å²) in [4.78, 5) is 4.54.